The van der Waals surface area contributed by atoms with Crippen LogP contribution in [0.1, 0.15) is 28.6 Å². The minimum atomic E-state index is -3.36. The molecule has 1 atom stereocenters. The van der Waals surface area contributed by atoms with Crippen LogP contribution >= 0.6 is 0 Å². The first-order valence-corrected chi connectivity index (χ1v) is 10.1. The van der Waals surface area contributed by atoms with Gasteiger partial charge in [0, 0.05) is 12.6 Å². The van der Waals surface area contributed by atoms with Gasteiger partial charge in [-0.1, -0.05) is 5.16 Å². The molecule has 2 heterocycles. The molecule has 27 heavy (non-hydrogen) atoms. The van der Waals surface area contributed by atoms with E-state index in [0.717, 1.165) is 11.8 Å². The molecule has 0 spiro atoms. The third kappa shape index (κ3) is 4.11. The number of anilines is 2. The number of fused-ring (bicyclic) bond motifs is 1. The number of carbonyl (C=O) groups excluding carboxylic acids is 2. The maximum atomic E-state index is 12.3. The second-order valence-electron chi connectivity index (χ2n) is 6.29. The average Bonchev–Trinajstić information content (AvgIpc) is 3.19. The lowest BCUT2D eigenvalue weighted by molar-refractivity contribution is -0.123. The molecule has 1 aliphatic rings. The number of hydrogen-bond acceptors (Lipinski definition) is 7. The number of sulfonamides is 1. The van der Waals surface area contributed by atoms with E-state index in [0.29, 0.717) is 24.4 Å². The highest BCUT2D eigenvalue weighted by Gasteiger charge is 2.27. The third-order valence-electron chi connectivity index (χ3n) is 4.10. The number of nitrogens with one attached hydrogen (secondary N) is 1. The van der Waals surface area contributed by atoms with Gasteiger partial charge in [-0.25, -0.2) is 13.2 Å². The highest BCUT2D eigenvalue weighted by Crippen LogP contribution is 2.31. The Labute approximate surface area is 156 Å². The van der Waals surface area contributed by atoms with E-state index in [1.807, 2.05) is 0 Å². The normalized spacial score (nSPS) is 14.6. The highest BCUT2D eigenvalue weighted by atomic mass is 32.2. The predicted molar refractivity (Wildman–Crippen MR) is 97.1 cm³/mol. The van der Waals surface area contributed by atoms with Gasteiger partial charge in [-0.05, 0) is 44.0 Å². The highest BCUT2D eigenvalue weighted by molar-refractivity contribution is 7.92. The molecule has 0 saturated carbocycles. The van der Waals surface area contributed by atoms with Crippen molar-refractivity contribution >= 4 is 33.4 Å². The molecule has 1 aromatic heterocycles. The Morgan fingerprint density at radius 2 is 2.07 bits per heavy atom. The van der Waals surface area contributed by atoms with Gasteiger partial charge in [-0.2, -0.15) is 0 Å². The quantitative estimate of drug-likeness (QED) is 0.764. The molecule has 1 N–H and O–H groups in total. The molecule has 0 unspecified atom stereocenters. The van der Waals surface area contributed by atoms with E-state index in [1.54, 1.807) is 25.1 Å². The summed E-state index contributed by atoms with van der Waals surface area (Å²) >= 11 is 0. The fourth-order valence-electron chi connectivity index (χ4n) is 2.78. The lowest BCUT2D eigenvalue weighted by Crippen LogP contribution is -2.30. The number of nitrogens with zero attached hydrogens (tertiary/aromatic N) is 2. The number of ether oxygens (including phenoxy) is 1. The summed E-state index contributed by atoms with van der Waals surface area (Å²) in [6, 6.07) is 6.19. The van der Waals surface area contributed by atoms with Crippen molar-refractivity contribution < 1.29 is 27.3 Å². The molecule has 0 bridgehead atoms. The van der Waals surface area contributed by atoms with Crippen molar-refractivity contribution in [2.24, 2.45) is 0 Å². The van der Waals surface area contributed by atoms with Gasteiger partial charge in [-0.15, -0.1) is 0 Å². The molecule has 2 aromatic rings. The van der Waals surface area contributed by atoms with Gasteiger partial charge < -0.3 is 14.6 Å². The van der Waals surface area contributed by atoms with Crippen molar-refractivity contribution in [3.8, 4) is 0 Å². The second-order valence-corrected chi connectivity index (χ2v) is 8.20. The van der Waals surface area contributed by atoms with Crippen LogP contribution in [0.2, 0.25) is 0 Å². The first kappa shape index (κ1) is 18.9. The molecular formula is C17H19N3O6S. The van der Waals surface area contributed by atoms with Crippen molar-refractivity contribution in [2.45, 2.75) is 26.4 Å². The maximum Gasteiger partial charge on any atom is 0.338 e. The zero-order chi connectivity index (χ0) is 19.8. The summed E-state index contributed by atoms with van der Waals surface area (Å²) in [7, 11) is -3.36. The minimum Gasteiger partial charge on any atom is -0.449 e. The first-order valence-electron chi connectivity index (χ1n) is 8.21. The number of benzene rings is 1. The summed E-state index contributed by atoms with van der Waals surface area (Å²) in [6.45, 7) is 3.46. The van der Waals surface area contributed by atoms with Crippen molar-refractivity contribution in [3.63, 3.8) is 0 Å². The largest absolute Gasteiger partial charge is 0.449 e. The molecule has 10 heteroatoms. The number of esters is 1. The van der Waals surface area contributed by atoms with Crippen molar-refractivity contribution in [1.82, 2.24) is 5.16 Å². The average molecular weight is 393 g/mol. The minimum absolute atomic E-state index is 0.235. The van der Waals surface area contributed by atoms with Crippen LogP contribution in [0.15, 0.2) is 28.8 Å². The Kier molecular flexibility index (Phi) is 4.92. The van der Waals surface area contributed by atoms with E-state index in [1.165, 1.54) is 17.3 Å². The predicted octanol–water partition coefficient (Wildman–Crippen LogP) is 1.49. The van der Waals surface area contributed by atoms with Crippen molar-refractivity contribution in [3.05, 3.63) is 41.2 Å². The van der Waals surface area contributed by atoms with Crippen LogP contribution in [0.4, 0.5) is 11.5 Å². The van der Waals surface area contributed by atoms with Gasteiger partial charge in [0.2, 0.25) is 10.0 Å². The van der Waals surface area contributed by atoms with Crippen LogP contribution in [0.25, 0.3) is 0 Å². The molecule has 9 nitrogen and oxygen atoms in total. The van der Waals surface area contributed by atoms with Crippen LogP contribution in [0, 0.1) is 6.92 Å². The second kappa shape index (κ2) is 7.03. The molecule has 0 saturated heterocycles. The molecular weight excluding hydrogens is 374 g/mol. The molecule has 3 rings (SSSR count). The number of aromatic nitrogens is 1. The van der Waals surface area contributed by atoms with E-state index in [2.05, 4.69) is 10.5 Å². The fourth-order valence-corrected chi connectivity index (χ4v) is 3.74. The topological polar surface area (TPSA) is 119 Å². The Morgan fingerprint density at radius 1 is 1.33 bits per heavy atom. The zero-order valence-corrected chi connectivity index (χ0v) is 15.9. The lowest BCUT2D eigenvalue weighted by Gasteiger charge is -2.16. The van der Waals surface area contributed by atoms with Crippen LogP contribution in [0.3, 0.4) is 0 Å². The summed E-state index contributed by atoms with van der Waals surface area (Å²) in [5, 5.41) is 6.13. The molecule has 144 valence electrons. The van der Waals surface area contributed by atoms with Gasteiger partial charge >= 0.3 is 5.97 Å². The first-order chi connectivity index (χ1) is 12.6. The van der Waals surface area contributed by atoms with E-state index in [-0.39, 0.29) is 11.4 Å². The fraction of sp³-hybridized carbons (Fsp3) is 0.353. The molecule has 1 aliphatic heterocycles. The van der Waals surface area contributed by atoms with Crippen LogP contribution in [0.5, 0.6) is 0 Å². The van der Waals surface area contributed by atoms with E-state index >= 15 is 0 Å². The molecule has 1 aromatic carbocycles. The van der Waals surface area contributed by atoms with Crippen LogP contribution < -0.4 is 9.62 Å². The Morgan fingerprint density at radius 3 is 2.70 bits per heavy atom. The van der Waals surface area contributed by atoms with Crippen LogP contribution in [-0.4, -0.2) is 44.4 Å². The van der Waals surface area contributed by atoms with Gasteiger partial charge in [0.15, 0.2) is 11.9 Å². The molecule has 0 fully saturated rings. The van der Waals surface area contributed by atoms with E-state index < -0.39 is 28.0 Å². The number of rotatable bonds is 5. The molecule has 1 amide bonds. The van der Waals surface area contributed by atoms with Gasteiger partial charge in [0.05, 0.1) is 17.5 Å². The van der Waals surface area contributed by atoms with E-state index in [4.69, 9.17) is 9.26 Å². The summed E-state index contributed by atoms with van der Waals surface area (Å²) in [5.74, 6) is -0.439. The summed E-state index contributed by atoms with van der Waals surface area (Å²) in [4.78, 5) is 24.4. The van der Waals surface area contributed by atoms with Crippen LogP contribution in [-0.2, 0) is 26.0 Å². The van der Waals surface area contributed by atoms with E-state index in [9.17, 15) is 18.0 Å². The zero-order valence-electron chi connectivity index (χ0n) is 15.1. The number of carbonyl (C=O) groups is 2. The summed E-state index contributed by atoms with van der Waals surface area (Å²) in [6.07, 6.45) is 0.599. The van der Waals surface area contributed by atoms with Gasteiger partial charge in [-0.3, -0.25) is 9.10 Å². The monoisotopic (exact) mass is 393 g/mol. The standard InChI is InChI=1S/C17H19N3O6S/c1-10-8-15(19-26-10)18-16(21)11(2)25-17(22)13-4-5-14-12(9-13)6-7-20(14)27(3,23)24/h4-5,8-9,11H,6-7H2,1-3H3,(H,18,19,21)/t11-/m0/s1. The summed E-state index contributed by atoms with van der Waals surface area (Å²) in [5.41, 5.74) is 1.55. The lowest BCUT2D eigenvalue weighted by atomic mass is 10.1. The number of hydrogen-bond donors (Lipinski definition) is 1. The van der Waals surface area contributed by atoms with Crippen molar-refractivity contribution in [2.75, 3.05) is 22.4 Å². The Hall–Kier alpha value is -2.88. The maximum absolute atomic E-state index is 12.3. The van der Waals surface area contributed by atoms with Gasteiger partial charge in [0.1, 0.15) is 5.76 Å². The molecule has 0 aliphatic carbocycles. The number of aryl methyl sites for hydroxylation is 1. The smallest absolute Gasteiger partial charge is 0.338 e. The molecule has 0 radical (unpaired) electrons. The SMILES string of the molecule is Cc1cc(NC(=O)[C@H](C)OC(=O)c2ccc3c(c2)CCN3S(C)(=O)=O)no1. The Bertz CT molecular complexity index is 998. The van der Waals surface area contributed by atoms with Gasteiger partial charge in [0.25, 0.3) is 5.91 Å². The third-order valence-corrected chi connectivity index (χ3v) is 5.28. The number of amides is 1. The Balaban J connectivity index is 1.67. The summed E-state index contributed by atoms with van der Waals surface area (Å²) < 4.78 is 34.9. The van der Waals surface area contributed by atoms with Crippen molar-refractivity contribution in [1.29, 1.82) is 0 Å².